The van der Waals surface area contributed by atoms with Crippen LogP contribution in [0.5, 0.6) is 0 Å². The van der Waals surface area contributed by atoms with Crippen LogP contribution in [0.4, 0.5) is 0 Å². The van der Waals surface area contributed by atoms with Crippen molar-refractivity contribution in [3.63, 3.8) is 0 Å². The summed E-state index contributed by atoms with van der Waals surface area (Å²) < 4.78 is 26.0. The molecule has 0 saturated heterocycles. The molecular formula is C14H20N2O3S. The number of hydrogen-bond donors (Lipinski definition) is 2. The molecule has 0 heterocycles. The van der Waals surface area contributed by atoms with E-state index in [1.165, 1.54) is 23.5 Å². The number of rotatable bonds is 4. The third-order valence-corrected chi connectivity index (χ3v) is 5.17. The van der Waals surface area contributed by atoms with Crippen LogP contribution in [0.25, 0.3) is 0 Å². The number of sulfonamides is 1. The standard InChI is InChI=1S/C14H20N2O3S/c1-14(2,11-17)16(3)20(18,19)13-8-6-12(7-9-13)5-4-10-15/h6-9,17H,10-11,15H2,1-3H3. The lowest BCUT2D eigenvalue weighted by molar-refractivity contribution is 0.138. The van der Waals surface area contributed by atoms with E-state index in [4.69, 9.17) is 5.73 Å². The Kier molecular flexibility index (Phi) is 5.31. The van der Waals surface area contributed by atoms with Crippen molar-refractivity contribution in [2.45, 2.75) is 24.3 Å². The zero-order valence-electron chi connectivity index (χ0n) is 11.9. The first-order valence-corrected chi connectivity index (χ1v) is 7.58. The van der Waals surface area contributed by atoms with Crippen molar-refractivity contribution < 1.29 is 13.5 Å². The van der Waals surface area contributed by atoms with Crippen LogP contribution in [0.3, 0.4) is 0 Å². The maximum Gasteiger partial charge on any atom is 0.243 e. The summed E-state index contributed by atoms with van der Waals surface area (Å²) in [5.74, 6) is 5.53. The van der Waals surface area contributed by atoms with E-state index in [-0.39, 0.29) is 18.0 Å². The second-order valence-electron chi connectivity index (χ2n) is 4.97. The highest BCUT2D eigenvalue weighted by Crippen LogP contribution is 2.22. The maximum absolute atomic E-state index is 12.4. The molecule has 6 heteroatoms. The van der Waals surface area contributed by atoms with Gasteiger partial charge in [-0.1, -0.05) is 11.8 Å². The van der Waals surface area contributed by atoms with Gasteiger partial charge in [0.05, 0.1) is 23.6 Å². The molecule has 1 aromatic rings. The average Bonchev–Trinajstić information content (AvgIpc) is 2.44. The lowest BCUT2D eigenvalue weighted by Crippen LogP contribution is -2.47. The molecule has 0 radical (unpaired) electrons. The zero-order chi connectivity index (χ0) is 15.4. The van der Waals surface area contributed by atoms with Crippen molar-refractivity contribution in [1.29, 1.82) is 0 Å². The lowest BCUT2D eigenvalue weighted by Gasteiger charge is -2.32. The molecule has 0 bridgehead atoms. The number of nitrogens with two attached hydrogens (primary N) is 1. The highest BCUT2D eigenvalue weighted by molar-refractivity contribution is 7.89. The van der Waals surface area contributed by atoms with Crippen LogP contribution < -0.4 is 5.73 Å². The third-order valence-electron chi connectivity index (χ3n) is 3.09. The number of nitrogens with zero attached hydrogens (tertiary/aromatic N) is 1. The van der Waals surface area contributed by atoms with Gasteiger partial charge in [-0.3, -0.25) is 0 Å². The first-order chi connectivity index (χ1) is 9.25. The van der Waals surface area contributed by atoms with Crippen LogP contribution in [0.1, 0.15) is 19.4 Å². The van der Waals surface area contributed by atoms with Crippen molar-refractivity contribution >= 4 is 10.0 Å². The minimum Gasteiger partial charge on any atom is -0.394 e. The topological polar surface area (TPSA) is 83.6 Å². The first kappa shape index (κ1) is 16.7. The van der Waals surface area contributed by atoms with E-state index in [1.807, 2.05) is 0 Å². The SMILES string of the molecule is CN(C(C)(C)CO)S(=O)(=O)c1ccc(C#CCN)cc1. The fraction of sp³-hybridized carbons (Fsp3) is 0.429. The van der Waals surface area contributed by atoms with Gasteiger partial charge in [-0.25, -0.2) is 8.42 Å². The summed E-state index contributed by atoms with van der Waals surface area (Å²) in [5, 5.41) is 9.28. The summed E-state index contributed by atoms with van der Waals surface area (Å²) >= 11 is 0. The molecule has 3 N–H and O–H groups in total. The Bertz CT molecular complexity index is 610. The van der Waals surface area contributed by atoms with E-state index >= 15 is 0 Å². The predicted octanol–water partition coefficient (Wildman–Crippen LogP) is 0.388. The molecule has 0 aliphatic heterocycles. The van der Waals surface area contributed by atoms with Gasteiger partial charge in [0.2, 0.25) is 10.0 Å². The number of aliphatic hydroxyl groups excluding tert-OH is 1. The summed E-state index contributed by atoms with van der Waals surface area (Å²) in [6.45, 7) is 3.31. The van der Waals surface area contributed by atoms with Crippen LogP contribution >= 0.6 is 0 Å². The van der Waals surface area contributed by atoms with Gasteiger partial charge in [0.25, 0.3) is 0 Å². The monoisotopic (exact) mass is 296 g/mol. The van der Waals surface area contributed by atoms with Gasteiger partial charge < -0.3 is 10.8 Å². The van der Waals surface area contributed by atoms with Gasteiger partial charge in [0.15, 0.2) is 0 Å². The molecule has 0 spiro atoms. The molecule has 110 valence electrons. The Morgan fingerprint density at radius 3 is 2.30 bits per heavy atom. The normalized spacial score (nSPS) is 12.1. The van der Waals surface area contributed by atoms with Gasteiger partial charge >= 0.3 is 0 Å². The van der Waals surface area contributed by atoms with Crippen molar-refractivity contribution in [1.82, 2.24) is 4.31 Å². The molecular weight excluding hydrogens is 276 g/mol. The molecule has 1 rings (SSSR count). The third kappa shape index (κ3) is 3.58. The van der Waals surface area contributed by atoms with Crippen LogP contribution in [0.15, 0.2) is 29.2 Å². The molecule has 0 amide bonds. The van der Waals surface area contributed by atoms with E-state index in [0.29, 0.717) is 5.56 Å². The maximum atomic E-state index is 12.4. The van der Waals surface area contributed by atoms with Crippen LogP contribution in [0.2, 0.25) is 0 Å². The Morgan fingerprint density at radius 1 is 1.30 bits per heavy atom. The van der Waals surface area contributed by atoms with E-state index < -0.39 is 15.6 Å². The minimum absolute atomic E-state index is 0.167. The number of hydrogen-bond acceptors (Lipinski definition) is 4. The second kappa shape index (κ2) is 6.37. The van der Waals surface area contributed by atoms with Gasteiger partial charge in [-0.15, -0.1) is 0 Å². The van der Waals surface area contributed by atoms with Crippen molar-refractivity contribution in [2.24, 2.45) is 5.73 Å². The first-order valence-electron chi connectivity index (χ1n) is 6.14. The number of likely N-dealkylation sites (N-methyl/N-ethyl adjacent to an activating group) is 1. The predicted molar refractivity (Wildman–Crippen MR) is 78.5 cm³/mol. The fourth-order valence-corrected chi connectivity index (χ4v) is 2.95. The summed E-state index contributed by atoms with van der Waals surface area (Å²) in [6.07, 6.45) is 0. The van der Waals surface area contributed by atoms with Crippen molar-refractivity contribution in [2.75, 3.05) is 20.2 Å². The van der Waals surface area contributed by atoms with Crippen LogP contribution in [-0.4, -0.2) is 43.6 Å². The summed E-state index contributed by atoms with van der Waals surface area (Å²) in [7, 11) is -2.19. The molecule has 0 aliphatic rings. The van der Waals surface area contributed by atoms with Gasteiger partial charge in [0.1, 0.15) is 0 Å². The number of aliphatic hydroxyl groups is 1. The Morgan fingerprint density at radius 2 is 1.85 bits per heavy atom. The lowest BCUT2D eigenvalue weighted by atomic mass is 10.1. The summed E-state index contributed by atoms with van der Waals surface area (Å²) in [4.78, 5) is 0.167. The Labute approximate surface area is 120 Å². The molecule has 0 aromatic heterocycles. The van der Waals surface area contributed by atoms with E-state index in [9.17, 15) is 13.5 Å². The van der Waals surface area contributed by atoms with E-state index in [0.717, 1.165) is 0 Å². The Balaban J connectivity index is 3.11. The van der Waals surface area contributed by atoms with E-state index in [2.05, 4.69) is 11.8 Å². The molecule has 20 heavy (non-hydrogen) atoms. The quantitative estimate of drug-likeness (QED) is 0.787. The molecule has 0 aliphatic carbocycles. The molecule has 0 atom stereocenters. The van der Waals surface area contributed by atoms with E-state index in [1.54, 1.807) is 26.0 Å². The molecule has 1 aromatic carbocycles. The van der Waals surface area contributed by atoms with Gasteiger partial charge in [-0.2, -0.15) is 4.31 Å². The Hall–Kier alpha value is -1.39. The minimum atomic E-state index is -3.65. The largest absolute Gasteiger partial charge is 0.394 e. The summed E-state index contributed by atoms with van der Waals surface area (Å²) in [6, 6.07) is 6.27. The highest BCUT2D eigenvalue weighted by Gasteiger charge is 2.33. The fourth-order valence-electron chi connectivity index (χ4n) is 1.45. The smallest absolute Gasteiger partial charge is 0.243 e. The second-order valence-corrected chi connectivity index (χ2v) is 6.94. The van der Waals surface area contributed by atoms with Gasteiger partial charge in [-0.05, 0) is 38.1 Å². The molecule has 0 saturated carbocycles. The van der Waals surface area contributed by atoms with Crippen LogP contribution in [0, 0.1) is 11.8 Å². The molecule has 0 fully saturated rings. The molecule has 5 nitrogen and oxygen atoms in total. The average molecular weight is 296 g/mol. The zero-order valence-corrected chi connectivity index (χ0v) is 12.7. The highest BCUT2D eigenvalue weighted by atomic mass is 32.2. The van der Waals surface area contributed by atoms with Crippen molar-refractivity contribution in [3.8, 4) is 11.8 Å². The van der Waals surface area contributed by atoms with Crippen LogP contribution in [-0.2, 0) is 10.0 Å². The number of benzene rings is 1. The van der Waals surface area contributed by atoms with Gasteiger partial charge in [0, 0.05) is 12.6 Å². The molecule has 0 unspecified atom stereocenters. The summed E-state index contributed by atoms with van der Waals surface area (Å²) in [5.41, 5.74) is 5.12. The van der Waals surface area contributed by atoms with Crippen molar-refractivity contribution in [3.05, 3.63) is 29.8 Å².